The molecule has 4 aromatic rings. The minimum atomic E-state index is -3.44. The second-order valence-electron chi connectivity index (χ2n) is 10.9. The summed E-state index contributed by atoms with van der Waals surface area (Å²) in [4.78, 5) is 13.7. The first-order valence-corrected chi connectivity index (χ1v) is 16.7. The molecule has 9 nitrogen and oxygen atoms in total. The molecule has 3 heterocycles. The van der Waals surface area contributed by atoms with Gasteiger partial charge >= 0.3 is 0 Å². The minimum Gasteiger partial charge on any atom is -0.394 e. The molecular weight excluding hydrogens is 594 g/mol. The van der Waals surface area contributed by atoms with Gasteiger partial charge in [-0.2, -0.15) is 9.57 Å². The third-order valence-corrected chi connectivity index (χ3v) is 10.2. The van der Waals surface area contributed by atoms with Gasteiger partial charge < -0.3 is 14.9 Å². The van der Waals surface area contributed by atoms with Crippen molar-refractivity contribution in [1.82, 2.24) is 14.3 Å². The van der Waals surface area contributed by atoms with Crippen molar-refractivity contribution in [2.45, 2.75) is 31.7 Å². The molecule has 1 saturated heterocycles. The first-order chi connectivity index (χ1) is 20.6. The van der Waals surface area contributed by atoms with E-state index in [2.05, 4.69) is 6.07 Å². The van der Waals surface area contributed by atoms with Crippen molar-refractivity contribution in [3.63, 3.8) is 0 Å². The lowest BCUT2D eigenvalue weighted by Gasteiger charge is -2.41. The maximum Gasteiger partial charge on any atom is 0.211 e. The fraction of sp³-hybridized carbons (Fsp3) is 0.367. The van der Waals surface area contributed by atoms with Gasteiger partial charge in [-0.1, -0.05) is 11.3 Å². The lowest BCUT2D eigenvalue weighted by Crippen LogP contribution is -2.56. The molecule has 0 amide bonds. The molecule has 2 fully saturated rings. The van der Waals surface area contributed by atoms with Crippen molar-refractivity contribution < 1.29 is 22.3 Å². The number of piperazine rings is 1. The summed E-state index contributed by atoms with van der Waals surface area (Å²) in [6.45, 7) is 2.68. The molecule has 2 aromatic carbocycles. The number of fused-ring (bicyclic) bond motifs is 1. The maximum absolute atomic E-state index is 15.9. The Hall–Kier alpha value is -3.70. The number of hydrogen-bond acceptors (Lipinski definition) is 9. The number of pyridine rings is 1. The SMILES string of the molecule is CCN(c1nc(-c2ccc(F)cc2)c(C#N)s1)c1cc(C2CC2)nc2c(F)cc(N3CCN(S(C)(=O)=O)CC3CO)cc12. The van der Waals surface area contributed by atoms with E-state index in [-0.39, 0.29) is 43.5 Å². The topological polar surface area (TPSA) is 114 Å². The molecule has 2 aromatic heterocycles. The Morgan fingerprint density at radius 1 is 1.14 bits per heavy atom. The van der Waals surface area contributed by atoms with Crippen LogP contribution in [0.1, 0.15) is 36.3 Å². The molecule has 13 heteroatoms. The standard InChI is InChI=1S/C30H30F2N6O3S2/c1-3-37(30-35-28(27(15-33)42-30)19-6-8-20(31)9-7-19)26-14-25(18-4-5-18)34-29-23(26)12-21(13-24(29)32)38-11-10-36(43(2,40)41)16-22(38)17-39/h6-9,12-14,18,22,39H,3-5,10-11,16-17H2,1-2H3. The van der Waals surface area contributed by atoms with Crippen LogP contribution in [0.25, 0.3) is 22.2 Å². The van der Waals surface area contributed by atoms with Crippen molar-refractivity contribution in [3.8, 4) is 17.3 Å². The number of aliphatic hydroxyl groups is 1. The van der Waals surface area contributed by atoms with Crippen LogP contribution >= 0.6 is 11.3 Å². The monoisotopic (exact) mass is 624 g/mol. The Labute approximate surface area is 252 Å². The van der Waals surface area contributed by atoms with Crippen molar-refractivity contribution in [2.75, 3.05) is 48.8 Å². The van der Waals surface area contributed by atoms with Crippen LogP contribution in [-0.2, 0) is 10.0 Å². The molecule has 1 N–H and O–H groups in total. The van der Waals surface area contributed by atoms with Crippen LogP contribution in [-0.4, -0.2) is 72.9 Å². The third-order valence-electron chi connectivity index (χ3n) is 7.98. The van der Waals surface area contributed by atoms with Gasteiger partial charge in [0.2, 0.25) is 10.0 Å². The number of anilines is 3. The second kappa shape index (κ2) is 11.4. The van der Waals surface area contributed by atoms with E-state index >= 15 is 4.39 Å². The molecule has 224 valence electrons. The summed E-state index contributed by atoms with van der Waals surface area (Å²) in [6, 6.07) is 12.7. The van der Waals surface area contributed by atoms with Crippen LogP contribution in [0.4, 0.5) is 25.3 Å². The summed E-state index contributed by atoms with van der Waals surface area (Å²) in [5.74, 6) is -0.661. The largest absolute Gasteiger partial charge is 0.394 e. The van der Waals surface area contributed by atoms with Gasteiger partial charge in [-0.3, -0.25) is 0 Å². The van der Waals surface area contributed by atoms with E-state index in [9.17, 15) is 23.2 Å². The summed E-state index contributed by atoms with van der Waals surface area (Å²) < 4.78 is 55.2. The summed E-state index contributed by atoms with van der Waals surface area (Å²) >= 11 is 1.21. The number of hydrogen-bond donors (Lipinski definition) is 1. The Balaban J connectivity index is 1.47. The van der Waals surface area contributed by atoms with Gasteiger partial charge in [-0.25, -0.2) is 27.2 Å². The van der Waals surface area contributed by atoms with E-state index in [1.165, 1.54) is 33.8 Å². The smallest absolute Gasteiger partial charge is 0.211 e. The van der Waals surface area contributed by atoms with Gasteiger partial charge in [0.1, 0.15) is 28.0 Å². The number of aliphatic hydroxyl groups excluding tert-OH is 1. The molecule has 43 heavy (non-hydrogen) atoms. The first-order valence-electron chi connectivity index (χ1n) is 14.0. The normalized spacial score (nSPS) is 17.8. The quantitative estimate of drug-likeness (QED) is 0.292. The summed E-state index contributed by atoms with van der Waals surface area (Å²) in [5, 5.41) is 21.1. The Kier molecular flexibility index (Phi) is 7.80. The third kappa shape index (κ3) is 5.68. The number of thiazole rings is 1. The van der Waals surface area contributed by atoms with E-state index in [1.54, 1.807) is 12.1 Å². The van der Waals surface area contributed by atoms with Gasteiger partial charge in [-0.05, 0) is 62.2 Å². The fourth-order valence-corrected chi connectivity index (χ4v) is 7.41. The molecular formula is C30H30F2N6O3S2. The highest BCUT2D eigenvalue weighted by Gasteiger charge is 2.33. The van der Waals surface area contributed by atoms with E-state index in [0.717, 1.165) is 24.8 Å². The molecule has 0 bridgehead atoms. The zero-order chi connectivity index (χ0) is 30.5. The lowest BCUT2D eigenvalue weighted by atomic mass is 10.1. The molecule has 0 radical (unpaired) electrons. The maximum atomic E-state index is 15.9. The van der Waals surface area contributed by atoms with Crippen LogP contribution in [0, 0.1) is 23.0 Å². The predicted octanol–water partition coefficient (Wildman–Crippen LogP) is 4.99. The molecule has 1 aliphatic carbocycles. The Morgan fingerprint density at radius 2 is 1.88 bits per heavy atom. The minimum absolute atomic E-state index is 0.0873. The first kappa shape index (κ1) is 29.4. The fourth-order valence-electron chi connectivity index (χ4n) is 5.59. The zero-order valence-electron chi connectivity index (χ0n) is 23.7. The van der Waals surface area contributed by atoms with Gasteiger partial charge in [0.25, 0.3) is 0 Å². The summed E-state index contributed by atoms with van der Waals surface area (Å²) in [6.07, 6.45) is 3.08. The number of halogens is 2. The van der Waals surface area contributed by atoms with E-state index in [4.69, 9.17) is 9.97 Å². The summed E-state index contributed by atoms with van der Waals surface area (Å²) in [5.41, 5.74) is 3.27. The predicted molar refractivity (Wildman–Crippen MR) is 163 cm³/mol. The van der Waals surface area contributed by atoms with Crippen LogP contribution in [0.15, 0.2) is 42.5 Å². The number of benzene rings is 2. The molecule has 2 aliphatic rings. The average Bonchev–Trinajstić information content (AvgIpc) is 3.76. The molecule has 0 spiro atoms. The number of aromatic nitrogens is 2. The number of nitriles is 1. The van der Waals surface area contributed by atoms with E-state index in [0.29, 0.717) is 44.6 Å². The van der Waals surface area contributed by atoms with Crippen LogP contribution in [0.5, 0.6) is 0 Å². The second-order valence-corrected chi connectivity index (χ2v) is 13.8. The van der Waals surface area contributed by atoms with Crippen LogP contribution in [0.3, 0.4) is 0 Å². The molecule has 1 unspecified atom stereocenters. The molecule has 1 atom stereocenters. The molecule has 6 rings (SSSR count). The van der Waals surface area contributed by atoms with Gasteiger partial charge in [0, 0.05) is 54.4 Å². The van der Waals surface area contributed by atoms with Gasteiger partial charge in [0.15, 0.2) is 10.9 Å². The summed E-state index contributed by atoms with van der Waals surface area (Å²) in [7, 11) is -3.44. The van der Waals surface area contributed by atoms with E-state index < -0.39 is 21.9 Å². The van der Waals surface area contributed by atoms with Crippen LogP contribution < -0.4 is 9.80 Å². The van der Waals surface area contributed by atoms with Gasteiger partial charge in [0.05, 0.1) is 24.6 Å². The van der Waals surface area contributed by atoms with Crippen molar-refractivity contribution >= 4 is 48.8 Å². The number of sulfonamides is 1. The highest BCUT2D eigenvalue weighted by atomic mass is 32.2. The van der Waals surface area contributed by atoms with Crippen molar-refractivity contribution in [2.24, 2.45) is 0 Å². The highest BCUT2D eigenvalue weighted by Crippen LogP contribution is 2.45. The Bertz CT molecular complexity index is 1840. The van der Waals surface area contributed by atoms with Gasteiger partial charge in [-0.15, -0.1) is 0 Å². The highest BCUT2D eigenvalue weighted by molar-refractivity contribution is 7.88. The average molecular weight is 625 g/mol. The van der Waals surface area contributed by atoms with Crippen LogP contribution in [0.2, 0.25) is 0 Å². The van der Waals surface area contributed by atoms with Crippen molar-refractivity contribution in [1.29, 1.82) is 5.26 Å². The lowest BCUT2D eigenvalue weighted by molar-refractivity contribution is 0.218. The molecule has 1 saturated carbocycles. The van der Waals surface area contributed by atoms with Crippen molar-refractivity contribution in [3.05, 3.63) is 64.7 Å². The zero-order valence-corrected chi connectivity index (χ0v) is 25.3. The number of nitrogens with zero attached hydrogens (tertiary/aromatic N) is 6. The van der Waals surface area contributed by atoms with E-state index in [1.807, 2.05) is 28.9 Å². The number of rotatable bonds is 8. The Morgan fingerprint density at radius 3 is 2.51 bits per heavy atom. The molecule has 1 aliphatic heterocycles.